The van der Waals surface area contributed by atoms with Crippen LogP contribution in [0.5, 0.6) is 0 Å². The monoisotopic (exact) mass is 379 g/mol. The van der Waals surface area contributed by atoms with E-state index < -0.39 is 9.84 Å². The maximum atomic E-state index is 12.6. The van der Waals surface area contributed by atoms with Crippen molar-refractivity contribution in [2.45, 2.75) is 19.4 Å². The van der Waals surface area contributed by atoms with Crippen molar-refractivity contribution in [2.24, 2.45) is 0 Å². The van der Waals surface area contributed by atoms with Gasteiger partial charge in [-0.2, -0.15) is 0 Å². The van der Waals surface area contributed by atoms with Crippen LogP contribution in [0.4, 0.5) is 0 Å². The van der Waals surface area contributed by atoms with Gasteiger partial charge in [-0.25, -0.2) is 8.42 Å². The lowest BCUT2D eigenvalue weighted by molar-refractivity contribution is 0.0707. The van der Waals surface area contributed by atoms with Crippen molar-refractivity contribution in [3.05, 3.63) is 33.3 Å². The van der Waals surface area contributed by atoms with Gasteiger partial charge in [-0.3, -0.25) is 4.79 Å². The summed E-state index contributed by atoms with van der Waals surface area (Å²) in [7, 11) is -3.01. The molecule has 0 radical (unpaired) electrons. The zero-order chi connectivity index (χ0) is 14.9. The molecule has 1 aliphatic heterocycles. The molecular weight excluding hydrogens is 366 g/mol. The zero-order valence-electron chi connectivity index (χ0n) is 11.0. The minimum absolute atomic E-state index is 0.0534. The largest absolute Gasteiger partial charge is 0.335 e. The Hall–Kier alpha value is -0.590. The molecule has 0 aliphatic carbocycles. The molecule has 1 atom stereocenters. The summed E-state index contributed by atoms with van der Waals surface area (Å²) in [6.45, 7) is 2.33. The summed E-state index contributed by atoms with van der Waals surface area (Å²) in [5.41, 5.74) is 0.501. The van der Waals surface area contributed by atoms with E-state index >= 15 is 0 Å². The van der Waals surface area contributed by atoms with Gasteiger partial charge in [0.1, 0.15) is 0 Å². The van der Waals surface area contributed by atoms with Gasteiger partial charge in [0, 0.05) is 22.1 Å². The molecule has 0 saturated carbocycles. The van der Waals surface area contributed by atoms with Gasteiger partial charge in [0.15, 0.2) is 9.84 Å². The van der Waals surface area contributed by atoms with Crippen LogP contribution in [0.3, 0.4) is 0 Å². The highest BCUT2D eigenvalue weighted by Crippen LogP contribution is 2.25. The third kappa shape index (κ3) is 3.35. The van der Waals surface area contributed by atoms with E-state index in [1.165, 1.54) is 0 Å². The molecule has 2 rings (SSSR count). The number of hydrogen-bond donors (Lipinski definition) is 0. The van der Waals surface area contributed by atoms with Gasteiger partial charge in [-0.15, -0.1) is 0 Å². The number of carbonyl (C=O) groups excluding carboxylic acids is 1. The Morgan fingerprint density at radius 3 is 2.70 bits per heavy atom. The highest BCUT2D eigenvalue weighted by atomic mass is 79.9. The smallest absolute Gasteiger partial charge is 0.255 e. The normalized spacial score (nSPS) is 20.9. The molecule has 1 aromatic carbocycles. The van der Waals surface area contributed by atoms with E-state index in [0.29, 0.717) is 28.0 Å². The molecule has 1 heterocycles. The van der Waals surface area contributed by atoms with Crippen LogP contribution in [-0.4, -0.2) is 43.3 Å². The maximum absolute atomic E-state index is 12.6. The first-order chi connectivity index (χ1) is 9.34. The van der Waals surface area contributed by atoms with Gasteiger partial charge < -0.3 is 4.90 Å². The van der Waals surface area contributed by atoms with Crippen molar-refractivity contribution in [2.75, 3.05) is 18.1 Å². The zero-order valence-corrected chi connectivity index (χ0v) is 14.1. The van der Waals surface area contributed by atoms with E-state index in [-0.39, 0.29) is 23.5 Å². The summed E-state index contributed by atoms with van der Waals surface area (Å²) in [5, 5.41) is 0.542. The van der Waals surface area contributed by atoms with Gasteiger partial charge in [0.05, 0.1) is 17.1 Å². The first kappa shape index (κ1) is 15.8. The molecule has 1 fully saturated rings. The molecule has 0 N–H and O–H groups in total. The van der Waals surface area contributed by atoms with Crippen LogP contribution in [0.2, 0.25) is 5.02 Å². The third-order valence-electron chi connectivity index (χ3n) is 3.41. The summed E-state index contributed by atoms with van der Waals surface area (Å²) in [5.74, 6) is 0.0410. The minimum atomic E-state index is -3.01. The Morgan fingerprint density at radius 1 is 1.50 bits per heavy atom. The van der Waals surface area contributed by atoms with Gasteiger partial charge in [-0.05, 0) is 47.5 Å². The van der Waals surface area contributed by atoms with Crippen molar-refractivity contribution >= 4 is 43.3 Å². The van der Waals surface area contributed by atoms with Crippen molar-refractivity contribution < 1.29 is 13.2 Å². The van der Waals surface area contributed by atoms with Crippen molar-refractivity contribution in [1.82, 2.24) is 4.90 Å². The fraction of sp³-hybridized carbons (Fsp3) is 0.462. The number of carbonyl (C=O) groups is 1. The predicted molar refractivity (Wildman–Crippen MR) is 82.9 cm³/mol. The van der Waals surface area contributed by atoms with E-state index in [2.05, 4.69) is 15.9 Å². The van der Waals surface area contributed by atoms with Gasteiger partial charge in [-0.1, -0.05) is 11.6 Å². The first-order valence-electron chi connectivity index (χ1n) is 6.30. The number of amides is 1. The SMILES string of the molecule is CCN(C(=O)c1ccc(Cl)cc1Br)C1CCS(=O)(=O)C1. The second-order valence-corrected chi connectivity index (χ2v) is 8.29. The average Bonchev–Trinajstić information content (AvgIpc) is 2.70. The van der Waals surface area contributed by atoms with Crippen molar-refractivity contribution in [3.8, 4) is 0 Å². The van der Waals surface area contributed by atoms with Crippen LogP contribution in [0, 0.1) is 0 Å². The molecule has 110 valence electrons. The average molecular weight is 381 g/mol. The number of nitrogens with zero attached hydrogens (tertiary/aromatic N) is 1. The van der Waals surface area contributed by atoms with Crippen LogP contribution < -0.4 is 0 Å². The van der Waals surface area contributed by atoms with Crippen LogP contribution >= 0.6 is 27.5 Å². The van der Waals surface area contributed by atoms with E-state index in [0.717, 1.165) is 0 Å². The summed E-state index contributed by atoms with van der Waals surface area (Å²) < 4.78 is 23.8. The van der Waals surface area contributed by atoms with Gasteiger partial charge in [0.2, 0.25) is 0 Å². The molecule has 1 saturated heterocycles. The van der Waals surface area contributed by atoms with Crippen LogP contribution in [0.1, 0.15) is 23.7 Å². The van der Waals surface area contributed by atoms with E-state index in [9.17, 15) is 13.2 Å². The van der Waals surface area contributed by atoms with Crippen molar-refractivity contribution in [1.29, 1.82) is 0 Å². The molecule has 1 unspecified atom stereocenters. The lowest BCUT2D eigenvalue weighted by Gasteiger charge is -2.27. The number of hydrogen-bond acceptors (Lipinski definition) is 3. The highest BCUT2D eigenvalue weighted by molar-refractivity contribution is 9.10. The molecule has 4 nitrogen and oxygen atoms in total. The fourth-order valence-electron chi connectivity index (χ4n) is 2.41. The number of halogens is 2. The molecule has 0 spiro atoms. The number of rotatable bonds is 3. The van der Waals surface area contributed by atoms with Gasteiger partial charge in [0.25, 0.3) is 5.91 Å². The molecule has 1 amide bonds. The van der Waals surface area contributed by atoms with Crippen LogP contribution in [0.25, 0.3) is 0 Å². The number of benzene rings is 1. The molecular formula is C13H15BrClNO3S. The molecule has 0 aromatic heterocycles. The molecule has 0 bridgehead atoms. The second kappa shape index (κ2) is 6.03. The Morgan fingerprint density at radius 2 is 2.20 bits per heavy atom. The summed E-state index contributed by atoms with van der Waals surface area (Å²) >= 11 is 9.19. The Bertz CT molecular complexity index is 633. The fourth-order valence-corrected chi connectivity index (χ4v) is 4.99. The van der Waals surface area contributed by atoms with E-state index in [1.807, 2.05) is 6.92 Å². The summed E-state index contributed by atoms with van der Waals surface area (Å²) in [4.78, 5) is 14.2. The Labute approximate surface area is 132 Å². The second-order valence-electron chi connectivity index (χ2n) is 4.77. The minimum Gasteiger partial charge on any atom is -0.335 e. The third-order valence-corrected chi connectivity index (χ3v) is 6.05. The lowest BCUT2D eigenvalue weighted by atomic mass is 10.1. The highest BCUT2D eigenvalue weighted by Gasteiger charge is 2.34. The Balaban J connectivity index is 2.26. The van der Waals surface area contributed by atoms with Crippen molar-refractivity contribution in [3.63, 3.8) is 0 Å². The lowest BCUT2D eigenvalue weighted by Crippen LogP contribution is -2.41. The first-order valence-corrected chi connectivity index (χ1v) is 9.29. The molecule has 1 aromatic rings. The predicted octanol–water partition coefficient (Wildman–Crippen LogP) is 2.75. The van der Waals surface area contributed by atoms with E-state index in [1.54, 1.807) is 23.1 Å². The Kier molecular flexibility index (Phi) is 4.76. The maximum Gasteiger partial charge on any atom is 0.255 e. The molecule has 1 aliphatic rings. The standard InChI is InChI=1S/C13H15BrClNO3S/c1-2-16(10-5-6-20(18,19)8-10)13(17)11-4-3-9(15)7-12(11)14/h3-4,7,10H,2,5-6,8H2,1H3. The summed E-state index contributed by atoms with van der Waals surface area (Å²) in [6.07, 6.45) is 0.507. The molecule has 20 heavy (non-hydrogen) atoms. The topological polar surface area (TPSA) is 54.5 Å². The van der Waals surface area contributed by atoms with Crippen LogP contribution in [0.15, 0.2) is 22.7 Å². The molecule has 7 heteroatoms. The van der Waals surface area contributed by atoms with E-state index in [4.69, 9.17) is 11.6 Å². The quantitative estimate of drug-likeness (QED) is 0.810. The van der Waals surface area contributed by atoms with Crippen LogP contribution in [-0.2, 0) is 9.84 Å². The van der Waals surface area contributed by atoms with Gasteiger partial charge >= 0.3 is 0 Å². The summed E-state index contributed by atoms with van der Waals surface area (Å²) in [6, 6.07) is 4.73. The number of sulfone groups is 1.